The average Bonchev–Trinajstić information content (AvgIpc) is 3.61. The van der Waals surface area contributed by atoms with E-state index in [-0.39, 0.29) is 23.8 Å². The molecular weight excluding hydrogens is 454 g/mol. The summed E-state index contributed by atoms with van der Waals surface area (Å²) in [5.41, 5.74) is 3.74. The highest BCUT2D eigenvalue weighted by atomic mass is 16.2. The van der Waals surface area contributed by atoms with Gasteiger partial charge in [-0.05, 0) is 43.9 Å². The number of imide groups is 1. The summed E-state index contributed by atoms with van der Waals surface area (Å²) in [5.74, 6) is 0.784. The van der Waals surface area contributed by atoms with Gasteiger partial charge in [0.2, 0.25) is 0 Å². The van der Waals surface area contributed by atoms with Gasteiger partial charge in [-0.25, -0.2) is 9.50 Å². The van der Waals surface area contributed by atoms with Crippen LogP contribution in [-0.4, -0.2) is 60.2 Å². The number of hydrogen-bond donors (Lipinski definition) is 0. The first-order valence-electron chi connectivity index (χ1n) is 12.5. The number of aromatic nitrogens is 5. The first kappa shape index (κ1) is 23.7. The molecule has 9 heteroatoms. The predicted octanol–water partition coefficient (Wildman–Crippen LogP) is 4.06. The van der Waals surface area contributed by atoms with E-state index in [1.807, 2.05) is 43.9 Å². The molecule has 36 heavy (non-hydrogen) atoms. The fraction of sp³-hybridized carbons (Fsp3) is 0.370. The van der Waals surface area contributed by atoms with Crippen molar-refractivity contribution in [1.82, 2.24) is 29.3 Å². The van der Waals surface area contributed by atoms with Crippen LogP contribution in [0, 0.1) is 5.92 Å². The summed E-state index contributed by atoms with van der Waals surface area (Å²) in [6.07, 6.45) is 9.20. The molecule has 6 rings (SSSR count). The van der Waals surface area contributed by atoms with Gasteiger partial charge in [0.25, 0.3) is 11.8 Å². The van der Waals surface area contributed by atoms with E-state index < -0.39 is 0 Å². The summed E-state index contributed by atoms with van der Waals surface area (Å²) in [6, 6.07) is 9.25. The maximum Gasteiger partial charge on any atom is 0.261 e. The van der Waals surface area contributed by atoms with E-state index >= 15 is 0 Å². The van der Waals surface area contributed by atoms with Crippen LogP contribution >= 0.6 is 0 Å². The molecule has 0 aliphatic carbocycles. The SMILES string of the molecule is CC.CC1CC(CN2C(=O)c3ccccc3C2=O)CCN1c1nc(-c2cnn(C)c2)cn2nccc12. The first-order valence-corrected chi connectivity index (χ1v) is 12.5. The van der Waals surface area contributed by atoms with Gasteiger partial charge in [0.15, 0.2) is 5.82 Å². The molecule has 0 bridgehead atoms. The Morgan fingerprint density at radius 3 is 2.36 bits per heavy atom. The summed E-state index contributed by atoms with van der Waals surface area (Å²) in [5, 5.41) is 8.73. The van der Waals surface area contributed by atoms with Crippen LogP contribution in [0.4, 0.5) is 5.82 Å². The quantitative estimate of drug-likeness (QED) is 0.405. The monoisotopic (exact) mass is 485 g/mol. The Bertz CT molecular complexity index is 1390. The predicted molar refractivity (Wildman–Crippen MR) is 138 cm³/mol. The van der Waals surface area contributed by atoms with E-state index in [1.54, 1.807) is 41.3 Å². The lowest BCUT2D eigenvalue weighted by Crippen LogP contribution is -2.45. The molecule has 0 radical (unpaired) electrons. The molecule has 2 aliphatic rings. The minimum Gasteiger partial charge on any atom is -0.352 e. The lowest BCUT2D eigenvalue weighted by molar-refractivity contribution is 0.0617. The van der Waals surface area contributed by atoms with E-state index in [0.717, 1.165) is 42.0 Å². The molecule has 1 fully saturated rings. The molecule has 2 atom stereocenters. The Morgan fingerprint density at radius 2 is 1.72 bits per heavy atom. The average molecular weight is 486 g/mol. The molecule has 1 aromatic carbocycles. The van der Waals surface area contributed by atoms with Crippen LogP contribution in [0.15, 0.2) is 55.1 Å². The van der Waals surface area contributed by atoms with E-state index in [0.29, 0.717) is 17.7 Å². The van der Waals surface area contributed by atoms with Gasteiger partial charge in [0.05, 0.1) is 35.4 Å². The molecule has 2 unspecified atom stereocenters. The number of nitrogens with zero attached hydrogens (tertiary/aromatic N) is 7. The molecule has 2 aliphatic heterocycles. The van der Waals surface area contributed by atoms with Crippen LogP contribution < -0.4 is 4.90 Å². The third-order valence-corrected chi connectivity index (χ3v) is 6.95. The van der Waals surface area contributed by atoms with Crippen molar-refractivity contribution in [1.29, 1.82) is 0 Å². The maximum atomic E-state index is 12.8. The van der Waals surface area contributed by atoms with Crippen molar-refractivity contribution in [3.05, 3.63) is 66.2 Å². The molecule has 4 aromatic rings. The Labute approximate surface area is 210 Å². The molecule has 1 saturated heterocycles. The number of anilines is 1. The van der Waals surface area contributed by atoms with Gasteiger partial charge in [-0.1, -0.05) is 26.0 Å². The Morgan fingerprint density at radius 1 is 1.00 bits per heavy atom. The Kier molecular flexibility index (Phi) is 6.30. The lowest BCUT2D eigenvalue weighted by atomic mass is 9.91. The highest BCUT2D eigenvalue weighted by Gasteiger charge is 2.38. The molecular formula is C27H31N7O2. The minimum absolute atomic E-state index is 0.178. The number of benzene rings is 1. The molecule has 3 aromatic heterocycles. The van der Waals surface area contributed by atoms with E-state index in [9.17, 15) is 9.59 Å². The van der Waals surface area contributed by atoms with Crippen LogP contribution in [0.1, 0.15) is 54.3 Å². The third kappa shape index (κ3) is 4.04. The van der Waals surface area contributed by atoms with Crippen LogP contribution in [0.25, 0.3) is 16.8 Å². The van der Waals surface area contributed by atoms with Gasteiger partial charge >= 0.3 is 0 Å². The van der Waals surface area contributed by atoms with E-state index in [2.05, 4.69) is 22.0 Å². The number of carbonyl (C=O) groups is 2. The summed E-state index contributed by atoms with van der Waals surface area (Å²) in [7, 11) is 1.89. The molecule has 186 valence electrons. The second-order valence-electron chi connectivity index (χ2n) is 9.21. The number of hydrogen-bond acceptors (Lipinski definition) is 6. The lowest BCUT2D eigenvalue weighted by Gasteiger charge is -2.39. The maximum absolute atomic E-state index is 12.8. The smallest absolute Gasteiger partial charge is 0.261 e. The van der Waals surface area contributed by atoms with Crippen molar-refractivity contribution in [2.75, 3.05) is 18.0 Å². The summed E-state index contributed by atoms with van der Waals surface area (Å²) < 4.78 is 3.62. The van der Waals surface area contributed by atoms with Gasteiger partial charge in [0, 0.05) is 37.9 Å². The standard InChI is InChI=1S/C25H25N7O2.C2H6/c1-16-11-17(13-31-24(33)19-5-3-4-6-20(19)25(31)34)8-10-30(16)23-22-7-9-26-32(22)15-21(28-23)18-12-27-29(2)14-18;1-2/h3-7,9,12,14-17H,8,10-11,13H2,1-2H3;1-2H3. The second kappa shape index (κ2) is 9.56. The second-order valence-corrected chi connectivity index (χ2v) is 9.21. The highest BCUT2D eigenvalue weighted by molar-refractivity contribution is 6.21. The van der Waals surface area contributed by atoms with Crippen molar-refractivity contribution in [2.45, 2.75) is 39.7 Å². The van der Waals surface area contributed by atoms with Gasteiger partial charge in [-0.3, -0.25) is 19.2 Å². The summed E-state index contributed by atoms with van der Waals surface area (Å²) in [4.78, 5) is 34.4. The highest BCUT2D eigenvalue weighted by Crippen LogP contribution is 2.33. The zero-order chi connectivity index (χ0) is 25.4. The van der Waals surface area contributed by atoms with Crippen molar-refractivity contribution in [3.8, 4) is 11.3 Å². The number of fused-ring (bicyclic) bond motifs is 2. The van der Waals surface area contributed by atoms with Crippen molar-refractivity contribution >= 4 is 23.1 Å². The van der Waals surface area contributed by atoms with Gasteiger partial charge in [-0.15, -0.1) is 0 Å². The summed E-state index contributed by atoms with van der Waals surface area (Å²) >= 11 is 0. The van der Waals surface area contributed by atoms with Crippen molar-refractivity contribution < 1.29 is 9.59 Å². The fourth-order valence-corrected chi connectivity index (χ4v) is 5.23. The van der Waals surface area contributed by atoms with E-state index in [1.165, 1.54) is 4.90 Å². The molecule has 0 spiro atoms. The van der Waals surface area contributed by atoms with Crippen molar-refractivity contribution in [3.63, 3.8) is 0 Å². The molecule has 9 nitrogen and oxygen atoms in total. The van der Waals surface area contributed by atoms with Crippen LogP contribution in [0.2, 0.25) is 0 Å². The van der Waals surface area contributed by atoms with E-state index in [4.69, 9.17) is 4.98 Å². The van der Waals surface area contributed by atoms with Crippen molar-refractivity contribution in [2.24, 2.45) is 13.0 Å². The minimum atomic E-state index is -0.178. The fourth-order valence-electron chi connectivity index (χ4n) is 5.23. The van der Waals surface area contributed by atoms with Crippen LogP contribution in [-0.2, 0) is 7.05 Å². The third-order valence-electron chi connectivity index (χ3n) is 6.95. The molecule has 0 N–H and O–H groups in total. The number of rotatable bonds is 4. The largest absolute Gasteiger partial charge is 0.352 e. The molecule has 5 heterocycles. The zero-order valence-corrected chi connectivity index (χ0v) is 21.1. The topological polar surface area (TPSA) is 88.6 Å². The first-order chi connectivity index (χ1) is 17.5. The summed E-state index contributed by atoms with van der Waals surface area (Å²) in [6.45, 7) is 7.43. The van der Waals surface area contributed by atoms with Gasteiger partial charge < -0.3 is 4.90 Å². The van der Waals surface area contributed by atoms with Crippen LogP contribution in [0.5, 0.6) is 0 Å². The van der Waals surface area contributed by atoms with Gasteiger partial charge in [0.1, 0.15) is 5.52 Å². The zero-order valence-electron chi connectivity index (χ0n) is 21.1. The normalized spacial score (nSPS) is 19.4. The van der Waals surface area contributed by atoms with Gasteiger partial charge in [-0.2, -0.15) is 10.2 Å². The Hall–Kier alpha value is -4.01. The number of aryl methyl sites for hydroxylation is 1. The van der Waals surface area contributed by atoms with Crippen LogP contribution in [0.3, 0.4) is 0 Å². The number of carbonyl (C=O) groups excluding carboxylic acids is 2. The molecule has 0 saturated carbocycles. The number of amides is 2. The number of piperidine rings is 1. The molecule has 2 amide bonds. The Balaban J connectivity index is 0.00000130.